The molecule has 1 N–H and O–H groups in total. The van der Waals surface area contributed by atoms with Gasteiger partial charge in [0.2, 0.25) is 5.91 Å². The topological polar surface area (TPSA) is 77.1 Å². The molecule has 3 aromatic carbocycles. The summed E-state index contributed by atoms with van der Waals surface area (Å²) in [6.45, 7) is 0.198. The Morgan fingerprint density at radius 2 is 1.54 bits per heavy atom. The molecule has 0 radical (unpaired) electrons. The van der Waals surface area contributed by atoms with Crippen molar-refractivity contribution in [1.82, 2.24) is 10.2 Å². The molecular formula is C27H27FN2O5. The molecule has 0 aromatic heterocycles. The van der Waals surface area contributed by atoms with E-state index in [1.165, 1.54) is 25.2 Å². The smallest absolute Gasteiger partial charge is 0.254 e. The minimum atomic E-state index is -0.904. The number of halogens is 1. The highest BCUT2D eigenvalue weighted by Gasteiger charge is 2.44. The zero-order valence-corrected chi connectivity index (χ0v) is 20.0. The first-order chi connectivity index (χ1) is 16.9. The van der Waals surface area contributed by atoms with E-state index in [-0.39, 0.29) is 23.9 Å². The summed E-state index contributed by atoms with van der Waals surface area (Å²) in [6.07, 6.45) is 0. The lowest BCUT2D eigenvalue weighted by Gasteiger charge is -2.40. The van der Waals surface area contributed by atoms with Crippen LogP contribution in [0.1, 0.15) is 39.0 Å². The van der Waals surface area contributed by atoms with Gasteiger partial charge in [-0.05, 0) is 29.8 Å². The Bertz CT molecular complexity index is 1260. The van der Waals surface area contributed by atoms with Crippen LogP contribution in [0.25, 0.3) is 0 Å². The van der Waals surface area contributed by atoms with Gasteiger partial charge in [0.1, 0.15) is 11.6 Å². The summed E-state index contributed by atoms with van der Waals surface area (Å²) in [6, 6.07) is 15.8. The van der Waals surface area contributed by atoms with Crippen LogP contribution in [0.3, 0.4) is 0 Å². The van der Waals surface area contributed by atoms with Gasteiger partial charge in [-0.3, -0.25) is 9.59 Å². The van der Waals surface area contributed by atoms with Gasteiger partial charge >= 0.3 is 0 Å². The van der Waals surface area contributed by atoms with Gasteiger partial charge < -0.3 is 24.4 Å². The first-order valence-electron chi connectivity index (χ1n) is 11.1. The predicted octanol–water partition coefficient (Wildman–Crippen LogP) is 4.08. The molecule has 182 valence electrons. The summed E-state index contributed by atoms with van der Waals surface area (Å²) in [5, 5.41) is 2.95. The van der Waals surface area contributed by atoms with Crippen molar-refractivity contribution in [2.24, 2.45) is 0 Å². The van der Waals surface area contributed by atoms with Crippen molar-refractivity contribution in [2.75, 3.05) is 28.4 Å². The number of nitrogens with one attached hydrogen (secondary N) is 1. The fourth-order valence-corrected chi connectivity index (χ4v) is 4.58. The fourth-order valence-electron chi connectivity index (χ4n) is 4.58. The molecule has 4 rings (SSSR count). The van der Waals surface area contributed by atoms with E-state index in [1.807, 2.05) is 24.3 Å². The van der Waals surface area contributed by atoms with Gasteiger partial charge in [-0.15, -0.1) is 0 Å². The van der Waals surface area contributed by atoms with Gasteiger partial charge in [0.25, 0.3) is 5.91 Å². The minimum absolute atomic E-state index is 0.198. The molecule has 0 fully saturated rings. The summed E-state index contributed by atoms with van der Waals surface area (Å²) in [5.41, 5.74) is 1.78. The van der Waals surface area contributed by atoms with Crippen LogP contribution in [0.4, 0.5) is 4.39 Å². The molecule has 2 atom stereocenters. The normalized spacial score (nSPS) is 16.9. The van der Waals surface area contributed by atoms with Crippen molar-refractivity contribution in [3.05, 3.63) is 88.7 Å². The van der Waals surface area contributed by atoms with E-state index in [9.17, 15) is 14.0 Å². The van der Waals surface area contributed by atoms with E-state index in [4.69, 9.17) is 14.2 Å². The molecule has 3 aromatic rings. The molecule has 7 nitrogen and oxygen atoms in total. The number of hydrogen-bond donors (Lipinski definition) is 1. The van der Waals surface area contributed by atoms with Gasteiger partial charge in [-0.1, -0.05) is 36.4 Å². The Morgan fingerprint density at radius 3 is 2.23 bits per heavy atom. The molecule has 0 saturated carbocycles. The number of carbonyl (C=O) groups excluding carboxylic acids is 2. The highest BCUT2D eigenvalue weighted by molar-refractivity contribution is 6.02. The van der Waals surface area contributed by atoms with E-state index in [1.54, 1.807) is 44.5 Å². The van der Waals surface area contributed by atoms with Gasteiger partial charge in [0, 0.05) is 30.3 Å². The Balaban J connectivity index is 1.82. The van der Waals surface area contributed by atoms with E-state index >= 15 is 0 Å². The number of hydrogen-bond acceptors (Lipinski definition) is 5. The van der Waals surface area contributed by atoms with Crippen molar-refractivity contribution in [3.63, 3.8) is 0 Å². The minimum Gasteiger partial charge on any atom is -0.496 e. The predicted molar refractivity (Wildman–Crippen MR) is 128 cm³/mol. The first kappa shape index (κ1) is 24.1. The molecule has 0 aliphatic carbocycles. The van der Waals surface area contributed by atoms with Crippen molar-refractivity contribution in [2.45, 2.75) is 18.5 Å². The summed E-state index contributed by atoms with van der Waals surface area (Å²) in [7, 11) is 6.08. The number of benzene rings is 3. The maximum Gasteiger partial charge on any atom is 0.254 e. The number of nitrogens with zero attached hydrogens (tertiary/aromatic N) is 1. The number of para-hydroxylation sites is 1. The lowest BCUT2D eigenvalue weighted by molar-refractivity contribution is -0.124. The highest BCUT2D eigenvalue weighted by Crippen LogP contribution is 2.46. The average Bonchev–Trinajstić information content (AvgIpc) is 2.89. The van der Waals surface area contributed by atoms with Crippen LogP contribution in [0.15, 0.2) is 60.7 Å². The number of amides is 2. The largest absolute Gasteiger partial charge is 0.496 e. The van der Waals surface area contributed by atoms with E-state index in [0.29, 0.717) is 28.4 Å². The maximum atomic E-state index is 15.0. The molecule has 1 heterocycles. The molecular weight excluding hydrogens is 451 g/mol. The standard InChI is InChI=1S/C27H27FN2O5/c1-30-25(17-10-6-7-11-20(17)28)24(26(31)29-15-16-9-5-8-12-21(16)33-2)18-13-22(34-3)23(35-4)14-19(18)27(30)32/h5-14,24-25H,15H2,1-4H3,(H,29,31). The van der Waals surface area contributed by atoms with Crippen molar-refractivity contribution in [1.29, 1.82) is 0 Å². The van der Waals surface area contributed by atoms with Crippen LogP contribution < -0.4 is 19.5 Å². The van der Waals surface area contributed by atoms with Crippen LogP contribution in [0.5, 0.6) is 17.2 Å². The van der Waals surface area contributed by atoms with Crippen LogP contribution in [0.2, 0.25) is 0 Å². The van der Waals surface area contributed by atoms with E-state index in [2.05, 4.69) is 5.32 Å². The zero-order valence-electron chi connectivity index (χ0n) is 20.0. The molecule has 2 amide bonds. The number of methoxy groups -OCH3 is 3. The fraction of sp³-hybridized carbons (Fsp3) is 0.259. The third-order valence-corrected chi connectivity index (χ3v) is 6.33. The highest BCUT2D eigenvalue weighted by atomic mass is 19.1. The lowest BCUT2D eigenvalue weighted by atomic mass is 9.79. The van der Waals surface area contributed by atoms with Crippen molar-refractivity contribution >= 4 is 11.8 Å². The van der Waals surface area contributed by atoms with Gasteiger partial charge in [-0.25, -0.2) is 4.39 Å². The SMILES string of the molecule is COc1ccccc1CNC(=O)C1c2cc(OC)c(OC)cc2C(=O)N(C)C1c1ccccc1F. The van der Waals surface area contributed by atoms with Gasteiger partial charge in [0.15, 0.2) is 11.5 Å². The Labute approximate surface area is 203 Å². The quantitative estimate of drug-likeness (QED) is 0.554. The molecule has 0 saturated heterocycles. The number of fused-ring (bicyclic) bond motifs is 1. The van der Waals surface area contributed by atoms with E-state index < -0.39 is 17.8 Å². The molecule has 0 spiro atoms. The third kappa shape index (κ3) is 4.39. The molecule has 2 unspecified atom stereocenters. The van der Waals surface area contributed by atoms with Crippen LogP contribution in [-0.4, -0.2) is 45.1 Å². The molecule has 35 heavy (non-hydrogen) atoms. The number of likely N-dealkylation sites (N-methyl/N-ethyl adjacent to an activating group) is 1. The second-order valence-electron chi connectivity index (χ2n) is 8.18. The number of carbonyl (C=O) groups is 2. The van der Waals surface area contributed by atoms with Crippen LogP contribution in [-0.2, 0) is 11.3 Å². The van der Waals surface area contributed by atoms with Gasteiger partial charge in [0.05, 0.1) is 33.3 Å². The number of ether oxygens (including phenoxy) is 3. The van der Waals surface area contributed by atoms with Crippen LogP contribution >= 0.6 is 0 Å². The Kier molecular flexibility index (Phi) is 6.91. The third-order valence-electron chi connectivity index (χ3n) is 6.33. The monoisotopic (exact) mass is 478 g/mol. The molecule has 1 aliphatic rings. The number of rotatable bonds is 7. The van der Waals surface area contributed by atoms with Gasteiger partial charge in [-0.2, -0.15) is 0 Å². The second-order valence-corrected chi connectivity index (χ2v) is 8.18. The Hall–Kier alpha value is -4.07. The van der Waals surface area contributed by atoms with Crippen molar-refractivity contribution < 1.29 is 28.2 Å². The lowest BCUT2D eigenvalue weighted by Crippen LogP contribution is -2.45. The van der Waals surface area contributed by atoms with Crippen molar-refractivity contribution in [3.8, 4) is 17.2 Å². The molecule has 1 aliphatic heterocycles. The second kappa shape index (κ2) is 10.0. The summed E-state index contributed by atoms with van der Waals surface area (Å²) in [4.78, 5) is 28.5. The molecule has 0 bridgehead atoms. The molecule has 8 heteroatoms. The summed E-state index contributed by atoms with van der Waals surface area (Å²) >= 11 is 0. The van der Waals surface area contributed by atoms with Crippen LogP contribution in [0, 0.1) is 5.82 Å². The summed E-state index contributed by atoms with van der Waals surface area (Å²) < 4.78 is 31.2. The zero-order chi connectivity index (χ0) is 25.1. The first-order valence-corrected chi connectivity index (χ1v) is 11.1. The van der Waals surface area contributed by atoms with E-state index in [0.717, 1.165) is 5.56 Å². The summed E-state index contributed by atoms with van der Waals surface area (Å²) in [5.74, 6) is -0.729. The average molecular weight is 479 g/mol. The Morgan fingerprint density at radius 1 is 0.914 bits per heavy atom. The maximum absolute atomic E-state index is 15.0.